The summed E-state index contributed by atoms with van der Waals surface area (Å²) in [7, 11) is 0. The first kappa shape index (κ1) is 38.8. The third-order valence-corrected chi connectivity index (χ3v) is 7.32. The summed E-state index contributed by atoms with van der Waals surface area (Å²) in [5, 5.41) is 0. The number of allylic oxidation sites excluding steroid dienone is 1. The molecule has 0 amide bonds. The molecule has 0 saturated carbocycles. The number of ether oxygens (including phenoxy) is 6. The van der Waals surface area contributed by atoms with E-state index in [0.29, 0.717) is 85.3 Å². The van der Waals surface area contributed by atoms with E-state index in [2.05, 4.69) is 41.5 Å². The van der Waals surface area contributed by atoms with Gasteiger partial charge in [0, 0.05) is 11.6 Å². The normalized spacial score (nSPS) is 11.3. The maximum atomic E-state index is 13.7. The second-order valence-corrected chi connectivity index (χ2v) is 11.5. The number of carbonyl (C=O) groups is 1. The zero-order valence-electron chi connectivity index (χ0n) is 29.5. The minimum atomic E-state index is -0.170. The fourth-order valence-corrected chi connectivity index (χ4v) is 4.44. The summed E-state index contributed by atoms with van der Waals surface area (Å²) >= 11 is 0. The third-order valence-electron chi connectivity index (χ3n) is 7.32. The fourth-order valence-electron chi connectivity index (χ4n) is 4.44. The first-order valence-corrected chi connectivity index (χ1v) is 17.9. The van der Waals surface area contributed by atoms with Crippen molar-refractivity contribution in [3.05, 3.63) is 47.5 Å². The molecule has 0 aliphatic heterocycles. The van der Waals surface area contributed by atoms with E-state index in [0.717, 1.165) is 77.0 Å². The predicted octanol–water partition coefficient (Wildman–Crippen LogP) is 10.6. The van der Waals surface area contributed by atoms with Crippen molar-refractivity contribution in [1.29, 1.82) is 0 Å². The molecule has 7 nitrogen and oxygen atoms in total. The van der Waals surface area contributed by atoms with Gasteiger partial charge in [-0.2, -0.15) is 0 Å². The van der Waals surface area contributed by atoms with Crippen LogP contribution in [0.25, 0.3) is 5.76 Å². The van der Waals surface area contributed by atoms with Crippen LogP contribution in [-0.2, 0) is 4.74 Å². The Morgan fingerprint density at radius 2 is 0.848 bits per heavy atom. The molecule has 0 bridgehead atoms. The highest BCUT2D eigenvalue weighted by molar-refractivity contribution is 6.08. The second-order valence-electron chi connectivity index (χ2n) is 11.5. The molecular weight excluding hydrogens is 580 g/mol. The van der Waals surface area contributed by atoms with Gasteiger partial charge in [-0.05, 0) is 38.5 Å². The van der Waals surface area contributed by atoms with Gasteiger partial charge in [0.1, 0.15) is 11.3 Å². The molecule has 0 radical (unpaired) electrons. The van der Waals surface area contributed by atoms with Crippen molar-refractivity contribution in [2.24, 2.45) is 0 Å². The maximum absolute atomic E-state index is 13.7. The Morgan fingerprint density at radius 3 is 1.24 bits per heavy atom. The summed E-state index contributed by atoms with van der Waals surface area (Å²) in [4.78, 5) is 13.7. The van der Waals surface area contributed by atoms with Crippen molar-refractivity contribution in [1.82, 2.24) is 0 Å². The molecular formula is C39H60O7. The van der Waals surface area contributed by atoms with Gasteiger partial charge in [-0.25, -0.2) is 0 Å². The number of rotatable bonds is 27. The summed E-state index contributed by atoms with van der Waals surface area (Å²) in [5.41, 5.74) is 1.10. The van der Waals surface area contributed by atoms with Crippen LogP contribution >= 0.6 is 0 Å². The average molecular weight is 641 g/mol. The highest BCUT2D eigenvalue weighted by atomic mass is 16.6. The first-order chi connectivity index (χ1) is 22.6. The minimum absolute atomic E-state index is 0.170. The van der Waals surface area contributed by atoms with Gasteiger partial charge >= 0.3 is 0 Å². The van der Waals surface area contributed by atoms with Crippen molar-refractivity contribution >= 4 is 11.5 Å². The molecule has 0 aliphatic rings. The van der Waals surface area contributed by atoms with Crippen molar-refractivity contribution in [3.63, 3.8) is 0 Å². The van der Waals surface area contributed by atoms with Gasteiger partial charge < -0.3 is 28.4 Å². The lowest BCUT2D eigenvalue weighted by Gasteiger charge is -2.27. The van der Waals surface area contributed by atoms with Crippen molar-refractivity contribution < 1.29 is 33.2 Å². The monoisotopic (exact) mass is 640 g/mol. The van der Waals surface area contributed by atoms with Crippen LogP contribution in [0.2, 0.25) is 0 Å². The van der Waals surface area contributed by atoms with E-state index in [1.54, 1.807) is 6.08 Å². The summed E-state index contributed by atoms with van der Waals surface area (Å²) in [5.74, 6) is 2.58. The largest absolute Gasteiger partial charge is 0.493 e. The number of benzene rings is 2. The molecule has 46 heavy (non-hydrogen) atoms. The topological polar surface area (TPSA) is 72.5 Å². The molecule has 0 N–H and O–H groups in total. The molecule has 258 valence electrons. The molecule has 0 saturated heterocycles. The highest BCUT2D eigenvalue weighted by Gasteiger charge is 2.33. The number of hydrogen-bond acceptors (Lipinski definition) is 7. The van der Waals surface area contributed by atoms with Crippen LogP contribution in [-0.4, -0.2) is 45.4 Å². The lowest BCUT2D eigenvalue weighted by molar-refractivity contribution is 0.104. The van der Waals surface area contributed by atoms with Crippen LogP contribution < -0.4 is 23.7 Å². The molecule has 7 heteroatoms. The number of carbonyl (C=O) groups excluding carboxylic acids is 1. The van der Waals surface area contributed by atoms with E-state index in [1.807, 2.05) is 30.3 Å². The Labute approximate surface area is 278 Å². The van der Waals surface area contributed by atoms with Gasteiger partial charge in [-0.1, -0.05) is 110 Å². The molecule has 2 aromatic carbocycles. The molecule has 0 heterocycles. The summed E-state index contributed by atoms with van der Waals surface area (Å²) in [6.07, 6.45) is 12.5. The summed E-state index contributed by atoms with van der Waals surface area (Å²) in [6.45, 7) is 15.6. The summed E-state index contributed by atoms with van der Waals surface area (Å²) in [6, 6.07) is 9.24. The van der Waals surface area contributed by atoms with Gasteiger partial charge in [0.25, 0.3) is 0 Å². The quantitative estimate of drug-likeness (QED) is 0.0416. The average Bonchev–Trinajstić information content (AvgIpc) is 3.07. The lowest BCUT2D eigenvalue weighted by Crippen LogP contribution is -2.14. The van der Waals surface area contributed by atoms with Crippen LogP contribution in [0.1, 0.15) is 135 Å². The van der Waals surface area contributed by atoms with Gasteiger partial charge in [0.2, 0.25) is 17.2 Å². The van der Waals surface area contributed by atoms with E-state index in [1.165, 1.54) is 0 Å². The van der Waals surface area contributed by atoms with Gasteiger partial charge in [-0.15, -0.1) is 0 Å². The molecule has 0 aromatic heterocycles. The van der Waals surface area contributed by atoms with Crippen LogP contribution in [0.3, 0.4) is 0 Å². The molecule has 2 rings (SSSR count). The predicted molar refractivity (Wildman–Crippen MR) is 188 cm³/mol. The van der Waals surface area contributed by atoms with Gasteiger partial charge in [0.15, 0.2) is 17.3 Å². The fraction of sp³-hybridized carbons (Fsp3) is 0.615. The number of unbranched alkanes of at least 4 members (excludes halogenated alkanes) is 6. The Bertz CT molecular complexity index is 1100. The maximum Gasteiger partial charge on any atom is 0.211 e. The number of ketones is 1. The van der Waals surface area contributed by atoms with Crippen LogP contribution in [0.5, 0.6) is 28.7 Å². The Balaban J connectivity index is 3.02. The van der Waals surface area contributed by atoms with E-state index in [-0.39, 0.29) is 5.78 Å². The highest BCUT2D eigenvalue weighted by Crippen LogP contribution is 2.56. The SMILES string of the molecule is CCCCOC(=CC(=O)c1ccccc1)c1c(OCCCC)c(OCCCC)c(OCCCC)c(OCCCC)c1OCCCC. The standard InChI is InChI=1S/C39H60O7/c1-7-13-24-41-33(30-32(40)31-22-20-19-21-23-31)34-35(42-25-14-8-2)37(44-27-16-10-4)39(46-29-18-12-6)38(45-28-17-11-5)36(34)43-26-15-9-3/h19-23,30H,7-18,24-29H2,1-6H3. The van der Waals surface area contributed by atoms with Gasteiger partial charge in [0.05, 0.1) is 39.6 Å². The smallest absolute Gasteiger partial charge is 0.211 e. The van der Waals surface area contributed by atoms with Crippen molar-refractivity contribution in [2.45, 2.75) is 119 Å². The molecule has 0 fully saturated rings. The van der Waals surface area contributed by atoms with E-state index >= 15 is 0 Å². The molecule has 0 aliphatic carbocycles. The lowest BCUT2D eigenvalue weighted by atomic mass is 10.0. The minimum Gasteiger partial charge on any atom is -0.493 e. The second kappa shape index (κ2) is 23.9. The van der Waals surface area contributed by atoms with Gasteiger partial charge in [-0.3, -0.25) is 4.79 Å². The van der Waals surface area contributed by atoms with E-state index in [9.17, 15) is 4.79 Å². The zero-order chi connectivity index (χ0) is 33.4. The van der Waals surface area contributed by atoms with E-state index in [4.69, 9.17) is 28.4 Å². The third kappa shape index (κ3) is 12.8. The van der Waals surface area contributed by atoms with Crippen LogP contribution in [0, 0.1) is 0 Å². The molecule has 0 unspecified atom stereocenters. The molecule has 0 atom stereocenters. The molecule has 2 aromatic rings. The van der Waals surface area contributed by atoms with Crippen molar-refractivity contribution in [2.75, 3.05) is 39.6 Å². The van der Waals surface area contributed by atoms with Crippen LogP contribution in [0.4, 0.5) is 0 Å². The zero-order valence-corrected chi connectivity index (χ0v) is 29.5. The van der Waals surface area contributed by atoms with Crippen LogP contribution in [0.15, 0.2) is 36.4 Å². The molecule has 0 spiro atoms. The number of hydrogen-bond donors (Lipinski definition) is 0. The Hall–Kier alpha value is -3.35. The van der Waals surface area contributed by atoms with E-state index < -0.39 is 0 Å². The van der Waals surface area contributed by atoms with Crippen molar-refractivity contribution in [3.8, 4) is 28.7 Å². The Morgan fingerprint density at radius 1 is 0.500 bits per heavy atom. The summed E-state index contributed by atoms with van der Waals surface area (Å²) < 4.78 is 39.3. The Kier molecular flexibility index (Phi) is 20.2. The first-order valence-electron chi connectivity index (χ1n) is 17.9.